The van der Waals surface area contributed by atoms with Crippen LogP contribution in [0.4, 0.5) is 10.5 Å². The van der Waals surface area contributed by atoms with Gasteiger partial charge in [0.25, 0.3) is 0 Å². The smallest absolute Gasteiger partial charge is 0.319 e. The van der Waals surface area contributed by atoms with Crippen molar-refractivity contribution in [3.63, 3.8) is 0 Å². The van der Waals surface area contributed by atoms with Crippen LogP contribution in [-0.4, -0.2) is 6.03 Å². The van der Waals surface area contributed by atoms with Crippen LogP contribution in [0.5, 0.6) is 0 Å². The van der Waals surface area contributed by atoms with Crippen molar-refractivity contribution in [3.05, 3.63) is 65.7 Å². The third-order valence-electron chi connectivity index (χ3n) is 3.24. The van der Waals surface area contributed by atoms with Gasteiger partial charge in [-0.1, -0.05) is 49.4 Å². The molecule has 0 saturated carbocycles. The van der Waals surface area contributed by atoms with Crippen molar-refractivity contribution in [1.29, 1.82) is 0 Å². The molecule has 104 valence electrons. The molecule has 2 amide bonds. The number of amides is 2. The van der Waals surface area contributed by atoms with Crippen molar-refractivity contribution in [2.45, 2.75) is 26.3 Å². The second-order valence-electron chi connectivity index (χ2n) is 4.78. The predicted octanol–water partition coefficient (Wildman–Crippen LogP) is 4.13. The number of rotatable bonds is 4. The molecule has 2 N–H and O–H groups in total. The predicted molar refractivity (Wildman–Crippen MR) is 82.8 cm³/mol. The Labute approximate surface area is 120 Å². The number of carbonyl (C=O) groups is 1. The number of carbonyl (C=O) groups excluding carboxylic acids is 1. The zero-order valence-corrected chi connectivity index (χ0v) is 11.9. The van der Waals surface area contributed by atoms with Crippen molar-refractivity contribution in [1.82, 2.24) is 5.32 Å². The van der Waals surface area contributed by atoms with Crippen LogP contribution in [0.3, 0.4) is 0 Å². The maximum absolute atomic E-state index is 12.0. The first-order valence-corrected chi connectivity index (χ1v) is 6.90. The van der Waals surface area contributed by atoms with Crippen LogP contribution in [0.2, 0.25) is 0 Å². The summed E-state index contributed by atoms with van der Waals surface area (Å²) in [4.78, 5) is 12.0. The first kappa shape index (κ1) is 14.1. The molecule has 0 aliphatic rings. The van der Waals surface area contributed by atoms with Crippen molar-refractivity contribution in [2.75, 3.05) is 5.32 Å². The molecule has 0 aliphatic heterocycles. The monoisotopic (exact) mass is 268 g/mol. The van der Waals surface area contributed by atoms with Gasteiger partial charge in [-0.25, -0.2) is 4.79 Å². The van der Waals surface area contributed by atoms with Gasteiger partial charge in [-0.2, -0.15) is 0 Å². The van der Waals surface area contributed by atoms with Crippen LogP contribution in [0.1, 0.15) is 31.0 Å². The highest BCUT2D eigenvalue weighted by atomic mass is 16.2. The van der Waals surface area contributed by atoms with Crippen LogP contribution in [-0.2, 0) is 6.42 Å². The maximum Gasteiger partial charge on any atom is 0.319 e. The molecule has 0 bridgehead atoms. The molecule has 0 aromatic heterocycles. The highest BCUT2D eigenvalue weighted by Gasteiger charge is 2.09. The van der Waals surface area contributed by atoms with Crippen LogP contribution in [0.15, 0.2) is 54.6 Å². The first-order chi connectivity index (χ1) is 9.69. The molecule has 20 heavy (non-hydrogen) atoms. The molecule has 2 rings (SSSR count). The van der Waals surface area contributed by atoms with E-state index in [1.807, 2.05) is 55.5 Å². The molecule has 3 heteroatoms. The van der Waals surface area contributed by atoms with Gasteiger partial charge in [0.05, 0.1) is 6.04 Å². The molecule has 0 radical (unpaired) electrons. The van der Waals surface area contributed by atoms with Gasteiger partial charge in [0.15, 0.2) is 0 Å². The lowest BCUT2D eigenvalue weighted by Gasteiger charge is -2.15. The number of hydrogen-bond acceptors (Lipinski definition) is 1. The first-order valence-electron chi connectivity index (χ1n) is 6.90. The average molecular weight is 268 g/mol. The van der Waals surface area contributed by atoms with Crippen molar-refractivity contribution in [2.24, 2.45) is 0 Å². The van der Waals surface area contributed by atoms with E-state index >= 15 is 0 Å². The molecule has 0 aliphatic carbocycles. The lowest BCUT2D eigenvalue weighted by atomic mass is 10.1. The topological polar surface area (TPSA) is 41.1 Å². The van der Waals surface area contributed by atoms with E-state index in [0.717, 1.165) is 17.7 Å². The summed E-state index contributed by atoms with van der Waals surface area (Å²) in [6.07, 6.45) is 0.956. The van der Waals surface area contributed by atoms with E-state index in [2.05, 4.69) is 23.6 Å². The van der Waals surface area contributed by atoms with Crippen LogP contribution in [0.25, 0.3) is 0 Å². The summed E-state index contributed by atoms with van der Waals surface area (Å²) in [5, 5.41) is 5.80. The summed E-state index contributed by atoms with van der Waals surface area (Å²) in [5.41, 5.74) is 3.12. The molecule has 1 atom stereocenters. The van der Waals surface area contributed by atoms with E-state index in [1.54, 1.807) is 0 Å². The number of nitrogens with one attached hydrogen (secondary N) is 2. The average Bonchev–Trinajstić information content (AvgIpc) is 2.48. The van der Waals surface area contributed by atoms with Gasteiger partial charge in [-0.15, -0.1) is 0 Å². The van der Waals surface area contributed by atoms with Gasteiger partial charge in [-0.3, -0.25) is 0 Å². The standard InChI is InChI=1S/C17H20N2O/c1-3-14-8-7-11-16(12-14)19-17(20)18-13(2)15-9-5-4-6-10-15/h4-13H,3H2,1-2H3,(H2,18,19,20)/t13-/m0/s1. The lowest BCUT2D eigenvalue weighted by Crippen LogP contribution is -2.31. The zero-order valence-electron chi connectivity index (χ0n) is 11.9. The van der Waals surface area contributed by atoms with Gasteiger partial charge < -0.3 is 10.6 Å². The van der Waals surface area contributed by atoms with Gasteiger partial charge in [-0.05, 0) is 36.6 Å². The highest BCUT2D eigenvalue weighted by molar-refractivity contribution is 5.89. The molecule has 0 fully saturated rings. The van der Waals surface area contributed by atoms with E-state index in [-0.39, 0.29) is 12.1 Å². The molecule has 3 nitrogen and oxygen atoms in total. The van der Waals surface area contributed by atoms with Crippen LogP contribution in [0, 0.1) is 0 Å². The summed E-state index contributed by atoms with van der Waals surface area (Å²) in [7, 11) is 0. The molecular formula is C17H20N2O. The Morgan fingerprint density at radius 3 is 2.55 bits per heavy atom. The van der Waals surface area contributed by atoms with Crippen LogP contribution >= 0.6 is 0 Å². The minimum Gasteiger partial charge on any atom is -0.331 e. The summed E-state index contributed by atoms with van der Waals surface area (Å²) in [6.45, 7) is 4.06. The Kier molecular flexibility index (Phi) is 4.77. The maximum atomic E-state index is 12.0. The zero-order chi connectivity index (χ0) is 14.4. The van der Waals surface area contributed by atoms with E-state index < -0.39 is 0 Å². The van der Waals surface area contributed by atoms with Gasteiger partial charge in [0.2, 0.25) is 0 Å². The summed E-state index contributed by atoms with van der Waals surface area (Å²) < 4.78 is 0. The molecule has 0 spiro atoms. The minimum atomic E-state index is -0.186. The molecule has 0 unspecified atom stereocenters. The fraction of sp³-hybridized carbons (Fsp3) is 0.235. The highest BCUT2D eigenvalue weighted by Crippen LogP contribution is 2.13. The quantitative estimate of drug-likeness (QED) is 0.860. The molecule has 0 saturated heterocycles. The number of hydrogen-bond donors (Lipinski definition) is 2. The van der Waals surface area contributed by atoms with E-state index in [9.17, 15) is 4.79 Å². The normalized spacial score (nSPS) is 11.7. The number of urea groups is 1. The summed E-state index contributed by atoms with van der Waals surface area (Å²) >= 11 is 0. The Bertz CT molecular complexity index is 566. The number of benzene rings is 2. The van der Waals surface area contributed by atoms with E-state index in [1.165, 1.54) is 5.56 Å². The van der Waals surface area contributed by atoms with Crippen molar-refractivity contribution in [3.8, 4) is 0 Å². The second kappa shape index (κ2) is 6.75. The molecular weight excluding hydrogens is 248 g/mol. The Balaban J connectivity index is 1.95. The largest absolute Gasteiger partial charge is 0.331 e. The summed E-state index contributed by atoms with van der Waals surface area (Å²) in [6, 6.07) is 17.6. The number of anilines is 1. The van der Waals surface area contributed by atoms with Crippen molar-refractivity contribution < 1.29 is 4.79 Å². The van der Waals surface area contributed by atoms with Crippen LogP contribution < -0.4 is 10.6 Å². The number of aryl methyl sites for hydroxylation is 1. The van der Waals surface area contributed by atoms with Gasteiger partial charge in [0.1, 0.15) is 0 Å². The third-order valence-corrected chi connectivity index (χ3v) is 3.24. The Morgan fingerprint density at radius 1 is 1.10 bits per heavy atom. The fourth-order valence-electron chi connectivity index (χ4n) is 2.06. The molecule has 2 aromatic carbocycles. The SMILES string of the molecule is CCc1cccc(NC(=O)N[C@@H](C)c2ccccc2)c1. The molecule has 2 aromatic rings. The van der Waals surface area contributed by atoms with Crippen molar-refractivity contribution >= 4 is 11.7 Å². The Hall–Kier alpha value is -2.29. The lowest BCUT2D eigenvalue weighted by molar-refractivity contribution is 0.249. The summed E-state index contributed by atoms with van der Waals surface area (Å²) in [5.74, 6) is 0. The van der Waals surface area contributed by atoms with E-state index in [4.69, 9.17) is 0 Å². The minimum absolute atomic E-state index is 0.0226. The van der Waals surface area contributed by atoms with Gasteiger partial charge in [0, 0.05) is 5.69 Å². The fourth-order valence-corrected chi connectivity index (χ4v) is 2.06. The van der Waals surface area contributed by atoms with Gasteiger partial charge >= 0.3 is 6.03 Å². The van der Waals surface area contributed by atoms with E-state index in [0.29, 0.717) is 0 Å². The second-order valence-corrected chi connectivity index (χ2v) is 4.78. The molecule has 0 heterocycles. The Morgan fingerprint density at radius 2 is 1.85 bits per heavy atom. The third kappa shape index (κ3) is 3.85.